The van der Waals surface area contributed by atoms with Crippen molar-refractivity contribution in [2.45, 2.75) is 52.4 Å². The Bertz CT molecular complexity index is 1200. The Morgan fingerprint density at radius 2 is 1.73 bits per heavy atom. The molecule has 2 amide bonds. The van der Waals surface area contributed by atoms with E-state index in [2.05, 4.69) is 5.32 Å². The zero-order valence-corrected chi connectivity index (χ0v) is 22.7. The Kier molecular flexibility index (Phi) is 10.4. The molecule has 204 valence electrons. The van der Waals surface area contributed by atoms with Crippen molar-refractivity contribution < 1.29 is 31.2 Å². The highest BCUT2D eigenvalue weighted by Crippen LogP contribution is 2.37. The van der Waals surface area contributed by atoms with Gasteiger partial charge in [-0.3, -0.25) is 13.9 Å². The Hall–Kier alpha value is -2.79. The Labute approximate surface area is 220 Å². The average molecular weight is 562 g/mol. The maximum absolute atomic E-state index is 13.5. The summed E-state index contributed by atoms with van der Waals surface area (Å²) in [6.07, 6.45) is -2.45. The first kappa shape index (κ1) is 30.4. The van der Waals surface area contributed by atoms with Crippen molar-refractivity contribution in [2.24, 2.45) is 0 Å². The van der Waals surface area contributed by atoms with E-state index in [1.165, 1.54) is 11.8 Å². The summed E-state index contributed by atoms with van der Waals surface area (Å²) >= 11 is 5.68. The Morgan fingerprint density at radius 3 is 2.27 bits per heavy atom. The fourth-order valence-electron chi connectivity index (χ4n) is 3.51. The van der Waals surface area contributed by atoms with Crippen LogP contribution in [0.3, 0.4) is 0 Å². The molecular weight excluding hydrogens is 531 g/mol. The van der Waals surface area contributed by atoms with Gasteiger partial charge < -0.3 is 10.2 Å². The maximum atomic E-state index is 13.5. The van der Waals surface area contributed by atoms with Crippen molar-refractivity contribution in [3.05, 3.63) is 64.2 Å². The predicted octanol–water partition coefficient (Wildman–Crippen LogP) is 4.77. The Morgan fingerprint density at radius 1 is 1.11 bits per heavy atom. The second-order valence-electron chi connectivity index (χ2n) is 8.76. The number of amides is 2. The fourth-order valence-corrected chi connectivity index (χ4v) is 4.57. The SMILES string of the molecule is CCCCNC(=O)[C@@H](C)N(Cc1ccc(C)cc1)C(=O)CN(c1ccc(Cl)c(C(F)(F)F)c1)S(C)(=O)=O. The van der Waals surface area contributed by atoms with Crippen LogP contribution in [0.4, 0.5) is 18.9 Å². The highest BCUT2D eigenvalue weighted by Gasteiger charge is 2.35. The molecule has 0 aromatic heterocycles. The number of halogens is 4. The molecule has 0 saturated carbocycles. The van der Waals surface area contributed by atoms with Gasteiger partial charge in [0.25, 0.3) is 0 Å². The van der Waals surface area contributed by atoms with Crippen molar-refractivity contribution in [3.63, 3.8) is 0 Å². The number of hydrogen-bond donors (Lipinski definition) is 1. The summed E-state index contributed by atoms with van der Waals surface area (Å²) in [5.74, 6) is -1.18. The lowest BCUT2D eigenvalue weighted by Crippen LogP contribution is -2.51. The number of unbranched alkanes of at least 4 members (excludes halogenated alkanes) is 1. The van der Waals surface area contributed by atoms with Gasteiger partial charge in [-0.1, -0.05) is 54.8 Å². The van der Waals surface area contributed by atoms with Crippen molar-refractivity contribution in [1.29, 1.82) is 0 Å². The predicted molar refractivity (Wildman–Crippen MR) is 138 cm³/mol. The molecule has 0 fully saturated rings. The number of alkyl halides is 3. The van der Waals surface area contributed by atoms with Crippen LogP contribution in [0, 0.1) is 6.92 Å². The van der Waals surface area contributed by atoms with Crippen LogP contribution in [-0.4, -0.2) is 50.5 Å². The molecule has 0 aliphatic heterocycles. The second-order valence-corrected chi connectivity index (χ2v) is 11.1. The molecule has 2 rings (SSSR count). The van der Waals surface area contributed by atoms with E-state index in [9.17, 15) is 31.2 Å². The van der Waals surface area contributed by atoms with E-state index < -0.39 is 51.2 Å². The average Bonchev–Trinajstić information content (AvgIpc) is 2.80. The third-order valence-electron chi connectivity index (χ3n) is 5.69. The van der Waals surface area contributed by atoms with Crippen LogP contribution in [-0.2, 0) is 32.3 Å². The third-order valence-corrected chi connectivity index (χ3v) is 7.16. The summed E-state index contributed by atoms with van der Waals surface area (Å²) in [6, 6.07) is 8.86. The van der Waals surface area contributed by atoms with Crippen LogP contribution in [0.25, 0.3) is 0 Å². The smallest absolute Gasteiger partial charge is 0.354 e. The number of anilines is 1. The minimum Gasteiger partial charge on any atom is -0.354 e. The molecule has 0 aliphatic carbocycles. The van der Waals surface area contributed by atoms with Crippen LogP contribution in [0.2, 0.25) is 5.02 Å². The van der Waals surface area contributed by atoms with Gasteiger partial charge in [-0.2, -0.15) is 13.2 Å². The number of hydrogen-bond acceptors (Lipinski definition) is 4. The number of carbonyl (C=O) groups is 2. The van der Waals surface area contributed by atoms with Crippen molar-refractivity contribution >= 4 is 39.1 Å². The highest BCUT2D eigenvalue weighted by molar-refractivity contribution is 7.92. The molecule has 0 radical (unpaired) electrons. The van der Waals surface area contributed by atoms with Gasteiger partial charge in [-0.15, -0.1) is 0 Å². The van der Waals surface area contributed by atoms with Crippen LogP contribution >= 0.6 is 11.6 Å². The summed E-state index contributed by atoms with van der Waals surface area (Å²) < 4.78 is 65.9. The van der Waals surface area contributed by atoms with Crippen molar-refractivity contribution in [3.8, 4) is 0 Å². The van der Waals surface area contributed by atoms with E-state index >= 15 is 0 Å². The van der Waals surface area contributed by atoms with Gasteiger partial charge in [0.15, 0.2) is 0 Å². The maximum Gasteiger partial charge on any atom is 0.417 e. The number of nitrogens with one attached hydrogen (secondary N) is 1. The molecule has 1 N–H and O–H groups in total. The molecule has 2 aromatic carbocycles. The number of carbonyl (C=O) groups excluding carboxylic acids is 2. The molecule has 0 heterocycles. The first-order chi connectivity index (χ1) is 17.1. The monoisotopic (exact) mass is 561 g/mol. The molecule has 0 aliphatic rings. The van der Waals surface area contributed by atoms with E-state index in [1.807, 2.05) is 26.0 Å². The quantitative estimate of drug-likeness (QED) is 0.401. The second kappa shape index (κ2) is 12.6. The van der Waals surface area contributed by atoms with E-state index in [0.29, 0.717) is 22.5 Å². The largest absolute Gasteiger partial charge is 0.417 e. The van der Waals surface area contributed by atoms with E-state index in [-0.39, 0.29) is 12.2 Å². The first-order valence-corrected chi connectivity index (χ1v) is 13.8. The minimum atomic E-state index is -4.83. The summed E-state index contributed by atoms with van der Waals surface area (Å²) in [4.78, 5) is 27.5. The molecule has 37 heavy (non-hydrogen) atoms. The van der Waals surface area contributed by atoms with Crippen LogP contribution in [0.15, 0.2) is 42.5 Å². The molecule has 0 bridgehead atoms. The number of aryl methyl sites for hydroxylation is 1. The number of benzene rings is 2. The summed E-state index contributed by atoms with van der Waals surface area (Å²) in [5, 5.41) is 2.15. The molecule has 7 nitrogen and oxygen atoms in total. The van der Waals surface area contributed by atoms with Crippen LogP contribution in [0.5, 0.6) is 0 Å². The van der Waals surface area contributed by atoms with Gasteiger partial charge in [0.1, 0.15) is 12.6 Å². The van der Waals surface area contributed by atoms with E-state index in [0.717, 1.165) is 36.8 Å². The zero-order chi connectivity index (χ0) is 28.0. The minimum absolute atomic E-state index is 0.00645. The van der Waals surface area contributed by atoms with Gasteiger partial charge >= 0.3 is 6.18 Å². The molecule has 1 atom stereocenters. The van der Waals surface area contributed by atoms with E-state index in [4.69, 9.17) is 11.6 Å². The van der Waals surface area contributed by atoms with Crippen LogP contribution < -0.4 is 9.62 Å². The normalized spacial score (nSPS) is 12.6. The molecule has 0 spiro atoms. The van der Waals surface area contributed by atoms with Gasteiger partial charge in [-0.25, -0.2) is 8.42 Å². The van der Waals surface area contributed by atoms with E-state index in [1.54, 1.807) is 12.1 Å². The highest BCUT2D eigenvalue weighted by atomic mass is 35.5. The number of rotatable bonds is 11. The lowest BCUT2D eigenvalue weighted by atomic mass is 10.1. The first-order valence-electron chi connectivity index (χ1n) is 11.6. The van der Waals surface area contributed by atoms with Gasteiger partial charge in [-0.05, 0) is 44.0 Å². The van der Waals surface area contributed by atoms with Gasteiger partial charge in [0.2, 0.25) is 21.8 Å². The van der Waals surface area contributed by atoms with Gasteiger partial charge in [0, 0.05) is 13.1 Å². The lowest BCUT2D eigenvalue weighted by molar-refractivity contribution is -0.139. The topological polar surface area (TPSA) is 86.8 Å². The summed E-state index contributed by atoms with van der Waals surface area (Å²) in [7, 11) is -4.19. The number of nitrogens with zero attached hydrogens (tertiary/aromatic N) is 2. The zero-order valence-electron chi connectivity index (χ0n) is 21.1. The molecule has 0 saturated heterocycles. The summed E-state index contributed by atoms with van der Waals surface area (Å²) in [6.45, 7) is 4.96. The fraction of sp³-hybridized carbons (Fsp3) is 0.440. The molecule has 0 unspecified atom stereocenters. The standard InChI is InChI=1S/C25H31ClF3N3O4S/c1-5-6-13-30-24(34)18(3)31(15-19-9-7-17(2)8-10-19)23(33)16-32(37(4,35)36)20-11-12-22(26)21(14-20)25(27,28)29/h7-12,14,18H,5-6,13,15-16H2,1-4H3,(H,30,34)/t18-/m1/s1. The van der Waals surface area contributed by atoms with Crippen molar-refractivity contribution in [2.75, 3.05) is 23.7 Å². The van der Waals surface area contributed by atoms with Crippen LogP contribution in [0.1, 0.15) is 43.4 Å². The molecule has 2 aromatic rings. The van der Waals surface area contributed by atoms with Crippen molar-refractivity contribution in [1.82, 2.24) is 10.2 Å². The molecular formula is C25H31ClF3N3O4S. The Balaban J connectivity index is 2.43. The third kappa shape index (κ3) is 8.63. The lowest BCUT2D eigenvalue weighted by Gasteiger charge is -2.31. The number of sulfonamides is 1. The molecule has 12 heteroatoms. The van der Waals surface area contributed by atoms with Gasteiger partial charge in [0.05, 0.1) is 22.5 Å². The summed E-state index contributed by atoms with van der Waals surface area (Å²) in [5.41, 5.74) is 0.0817.